The zero-order chi connectivity index (χ0) is 13.8. The number of benzene rings is 2. The number of thioether (sulfide) groups is 1. The summed E-state index contributed by atoms with van der Waals surface area (Å²) in [5.74, 6) is 1.73. The van der Waals surface area contributed by atoms with Crippen molar-refractivity contribution in [3.05, 3.63) is 46.4 Å². The maximum Gasteiger partial charge on any atom is 0.118 e. The molecule has 100 valence electrons. The summed E-state index contributed by atoms with van der Waals surface area (Å²) >= 11 is 5.19. The molecule has 2 rings (SSSR count). The summed E-state index contributed by atoms with van der Waals surface area (Å²) in [5.41, 5.74) is 14.1. The minimum Gasteiger partial charge on any atom is -0.497 e. The van der Waals surface area contributed by atoms with E-state index in [0.29, 0.717) is 11.4 Å². The van der Waals surface area contributed by atoms with Gasteiger partial charge in [-0.15, -0.1) is 11.8 Å². The van der Waals surface area contributed by atoms with E-state index in [1.54, 1.807) is 18.9 Å². The van der Waals surface area contributed by atoms with Crippen molar-refractivity contribution in [2.45, 2.75) is 10.6 Å². The van der Waals surface area contributed by atoms with E-state index in [1.165, 1.54) is 5.56 Å². The number of hydrogen-bond donors (Lipinski definition) is 2. The van der Waals surface area contributed by atoms with Gasteiger partial charge in [-0.1, -0.05) is 12.1 Å². The van der Waals surface area contributed by atoms with E-state index in [2.05, 4.69) is 28.1 Å². The van der Waals surface area contributed by atoms with Gasteiger partial charge < -0.3 is 16.2 Å². The maximum atomic E-state index is 5.89. The van der Waals surface area contributed by atoms with Crippen molar-refractivity contribution in [1.82, 2.24) is 0 Å². The van der Waals surface area contributed by atoms with E-state index in [1.807, 2.05) is 24.3 Å². The molecular formula is C14H15BrN2OS. The van der Waals surface area contributed by atoms with E-state index < -0.39 is 0 Å². The molecule has 0 aliphatic heterocycles. The molecule has 0 saturated heterocycles. The van der Waals surface area contributed by atoms with Gasteiger partial charge in [0.05, 0.1) is 23.0 Å². The molecule has 19 heavy (non-hydrogen) atoms. The number of nitrogen functional groups attached to an aromatic ring is 2. The van der Waals surface area contributed by atoms with E-state index in [9.17, 15) is 0 Å². The van der Waals surface area contributed by atoms with Crippen LogP contribution in [0.15, 0.2) is 45.8 Å². The number of rotatable bonds is 4. The number of halogens is 1. The first-order chi connectivity index (χ1) is 9.11. The minimum atomic E-state index is 0.597. The van der Waals surface area contributed by atoms with E-state index in [0.717, 1.165) is 20.9 Å². The van der Waals surface area contributed by atoms with Gasteiger partial charge in [0.15, 0.2) is 0 Å². The summed E-state index contributed by atoms with van der Waals surface area (Å²) in [6.45, 7) is 0. The molecule has 0 atom stereocenters. The zero-order valence-corrected chi connectivity index (χ0v) is 12.9. The average Bonchev–Trinajstić information content (AvgIpc) is 2.45. The molecule has 0 fully saturated rings. The molecule has 0 aliphatic rings. The predicted molar refractivity (Wildman–Crippen MR) is 85.5 cm³/mol. The van der Waals surface area contributed by atoms with Crippen molar-refractivity contribution < 1.29 is 4.74 Å². The van der Waals surface area contributed by atoms with Gasteiger partial charge in [-0.3, -0.25) is 0 Å². The fourth-order valence-corrected chi connectivity index (χ4v) is 3.20. The molecule has 4 N–H and O–H groups in total. The van der Waals surface area contributed by atoms with Crippen molar-refractivity contribution in [2.24, 2.45) is 0 Å². The standard InChI is InChI=1S/C14H15BrN2OS/c1-18-10-4-2-9(3-5-10)8-19-12-7-6-11(16)14(17)13(12)15/h2-7H,8,16-17H2,1H3. The topological polar surface area (TPSA) is 61.3 Å². The van der Waals surface area contributed by atoms with Crippen LogP contribution in [-0.2, 0) is 5.75 Å². The first-order valence-corrected chi connectivity index (χ1v) is 7.49. The van der Waals surface area contributed by atoms with Crippen LogP contribution < -0.4 is 16.2 Å². The fraction of sp³-hybridized carbons (Fsp3) is 0.143. The molecule has 0 aromatic heterocycles. The minimum absolute atomic E-state index is 0.597. The van der Waals surface area contributed by atoms with E-state index >= 15 is 0 Å². The van der Waals surface area contributed by atoms with Crippen molar-refractivity contribution >= 4 is 39.1 Å². The van der Waals surface area contributed by atoms with Gasteiger partial charge in [0.2, 0.25) is 0 Å². The largest absolute Gasteiger partial charge is 0.497 e. The maximum absolute atomic E-state index is 5.89. The second kappa shape index (κ2) is 6.21. The van der Waals surface area contributed by atoms with Crippen molar-refractivity contribution in [2.75, 3.05) is 18.6 Å². The van der Waals surface area contributed by atoms with E-state index in [4.69, 9.17) is 16.2 Å². The van der Waals surface area contributed by atoms with Gasteiger partial charge in [0.25, 0.3) is 0 Å². The van der Waals surface area contributed by atoms with Crippen LogP contribution in [0.3, 0.4) is 0 Å². The van der Waals surface area contributed by atoms with Gasteiger partial charge in [-0.2, -0.15) is 0 Å². The molecular weight excluding hydrogens is 324 g/mol. The molecule has 0 spiro atoms. The first kappa shape index (κ1) is 14.1. The molecule has 3 nitrogen and oxygen atoms in total. The quantitative estimate of drug-likeness (QED) is 0.655. The Balaban J connectivity index is 2.08. The van der Waals surface area contributed by atoms with Crippen LogP contribution >= 0.6 is 27.7 Å². The van der Waals surface area contributed by atoms with Crippen LogP contribution in [0.1, 0.15) is 5.56 Å². The third kappa shape index (κ3) is 3.36. The molecule has 0 heterocycles. The molecule has 0 saturated carbocycles. The molecule has 5 heteroatoms. The predicted octanol–water partition coefficient (Wildman–Crippen LogP) is 3.91. The molecule has 2 aromatic rings. The summed E-state index contributed by atoms with van der Waals surface area (Å²) in [5, 5.41) is 0. The third-order valence-electron chi connectivity index (χ3n) is 2.73. The Labute approximate surface area is 125 Å². The Morgan fingerprint density at radius 3 is 2.42 bits per heavy atom. The van der Waals surface area contributed by atoms with Gasteiger partial charge in [-0.25, -0.2) is 0 Å². The van der Waals surface area contributed by atoms with E-state index in [-0.39, 0.29) is 0 Å². The number of methoxy groups -OCH3 is 1. The Morgan fingerprint density at radius 1 is 1.11 bits per heavy atom. The Hall–Kier alpha value is -1.33. The van der Waals surface area contributed by atoms with Crippen molar-refractivity contribution in [3.63, 3.8) is 0 Å². The highest BCUT2D eigenvalue weighted by Gasteiger charge is 2.07. The lowest BCUT2D eigenvalue weighted by Crippen LogP contribution is -1.96. The highest BCUT2D eigenvalue weighted by atomic mass is 79.9. The summed E-state index contributed by atoms with van der Waals surface area (Å²) in [7, 11) is 1.66. The van der Waals surface area contributed by atoms with Crippen LogP contribution in [-0.4, -0.2) is 7.11 Å². The molecule has 0 unspecified atom stereocenters. The molecule has 0 bridgehead atoms. The van der Waals surface area contributed by atoms with Crippen LogP contribution in [0.25, 0.3) is 0 Å². The SMILES string of the molecule is COc1ccc(CSc2ccc(N)c(N)c2Br)cc1. The van der Waals surface area contributed by atoms with Gasteiger partial charge >= 0.3 is 0 Å². The third-order valence-corrected chi connectivity index (χ3v) is 4.98. The number of nitrogens with two attached hydrogens (primary N) is 2. The number of hydrogen-bond acceptors (Lipinski definition) is 4. The number of anilines is 2. The lowest BCUT2D eigenvalue weighted by atomic mass is 10.2. The summed E-state index contributed by atoms with van der Waals surface area (Å²) in [6.07, 6.45) is 0. The molecule has 0 aliphatic carbocycles. The lowest BCUT2D eigenvalue weighted by Gasteiger charge is -2.09. The summed E-state index contributed by atoms with van der Waals surface area (Å²) in [4.78, 5) is 1.09. The van der Waals surface area contributed by atoms with Gasteiger partial charge in [0.1, 0.15) is 5.75 Å². The smallest absolute Gasteiger partial charge is 0.118 e. The van der Waals surface area contributed by atoms with Gasteiger partial charge in [-0.05, 0) is 45.8 Å². The number of ether oxygens (including phenoxy) is 1. The summed E-state index contributed by atoms with van der Waals surface area (Å²) in [6, 6.07) is 11.8. The Morgan fingerprint density at radius 2 is 1.79 bits per heavy atom. The average molecular weight is 339 g/mol. The highest BCUT2D eigenvalue weighted by molar-refractivity contribution is 9.10. The van der Waals surface area contributed by atoms with Crippen molar-refractivity contribution in [3.8, 4) is 5.75 Å². The molecule has 0 amide bonds. The Bertz CT molecular complexity index is 572. The first-order valence-electron chi connectivity index (χ1n) is 5.71. The van der Waals surface area contributed by atoms with Crippen LogP contribution in [0.5, 0.6) is 5.75 Å². The lowest BCUT2D eigenvalue weighted by molar-refractivity contribution is 0.414. The fourth-order valence-electron chi connectivity index (χ4n) is 1.58. The zero-order valence-electron chi connectivity index (χ0n) is 10.5. The second-order valence-electron chi connectivity index (χ2n) is 4.02. The Kier molecular flexibility index (Phi) is 4.61. The molecule has 0 radical (unpaired) electrons. The van der Waals surface area contributed by atoms with Gasteiger partial charge in [0, 0.05) is 10.6 Å². The molecule has 2 aromatic carbocycles. The van der Waals surface area contributed by atoms with Crippen LogP contribution in [0.2, 0.25) is 0 Å². The summed E-state index contributed by atoms with van der Waals surface area (Å²) < 4.78 is 6.00. The second-order valence-corrected chi connectivity index (χ2v) is 5.83. The van der Waals surface area contributed by atoms with Crippen molar-refractivity contribution in [1.29, 1.82) is 0 Å². The normalized spacial score (nSPS) is 10.4. The highest BCUT2D eigenvalue weighted by Crippen LogP contribution is 2.36. The monoisotopic (exact) mass is 338 g/mol. The van der Waals surface area contributed by atoms with Crippen LogP contribution in [0, 0.1) is 0 Å². The van der Waals surface area contributed by atoms with Crippen LogP contribution in [0.4, 0.5) is 11.4 Å².